The van der Waals surface area contributed by atoms with Crippen LogP contribution in [0.15, 0.2) is 121 Å². The predicted octanol–water partition coefficient (Wildman–Crippen LogP) is 5.76. The summed E-state index contributed by atoms with van der Waals surface area (Å²) in [5, 5.41) is 7.97. The molecular formula is C31H37CuSi3. The maximum atomic E-state index is 2.63. The summed E-state index contributed by atoms with van der Waals surface area (Å²) in [7, 11) is -5.90. The molecule has 0 heterocycles. The van der Waals surface area contributed by atoms with Gasteiger partial charge in [-0.1, -0.05) is 175 Å². The van der Waals surface area contributed by atoms with Gasteiger partial charge in [0.2, 0.25) is 0 Å². The summed E-state index contributed by atoms with van der Waals surface area (Å²) in [6.07, 6.45) is 0. The molecule has 0 saturated heterocycles. The molecule has 35 heavy (non-hydrogen) atoms. The van der Waals surface area contributed by atoms with Crippen molar-refractivity contribution in [1.29, 1.82) is 0 Å². The van der Waals surface area contributed by atoms with Gasteiger partial charge in [0.25, 0.3) is 0 Å². The van der Waals surface area contributed by atoms with Gasteiger partial charge in [-0.15, -0.1) is 0 Å². The number of hydrogen-bond donors (Lipinski definition) is 0. The van der Waals surface area contributed by atoms with Crippen molar-refractivity contribution in [3.63, 3.8) is 0 Å². The van der Waals surface area contributed by atoms with Crippen LogP contribution in [0.4, 0.5) is 0 Å². The topological polar surface area (TPSA) is 0 Å². The molecule has 4 aromatic carbocycles. The third-order valence-corrected chi connectivity index (χ3v) is 21.2. The zero-order valence-corrected chi connectivity index (χ0v) is 25.5. The van der Waals surface area contributed by atoms with Crippen LogP contribution >= 0.6 is 0 Å². The van der Waals surface area contributed by atoms with Gasteiger partial charge in [0.1, 0.15) is 0 Å². The van der Waals surface area contributed by atoms with Crippen LogP contribution in [0.5, 0.6) is 0 Å². The molecule has 0 aliphatic heterocycles. The minimum absolute atomic E-state index is 0. The standard InChI is InChI=1S/C31H37Si3.Cu/c1-32(2,3)26-31(33(4,27-18-10-6-11-19-27)28-20-12-7-13-21-28)34(5,29-22-14-8-15-23-29)30-24-16-9-17-25-30;/h6-25H,26H2,1-5H3;/q-1;+1. The molecule has 0 N–H and O–H groups in total. The second-order valence-electron chi connectivity index (χ2n) is 10.9. The minimum Gasteiger partial charge on any atom is -0.297 e. The van der Waals surface area contributed by atoms with E-state index in [2.05, 4.69) is 154 Å². The Morgan fingerprint density at radius 3 is 0.857 bits per heavy atom. The summed E-state index contributed by atoms with van der Waals surface area (Å²) < 4.78 is 0. The Balaban J connectivity index is 0.00000342. The first-order valence-electron chi connectivity index (χ1n) is 12.3. The van der Waals surface area contributed by atoms with Crippen LogP contribution in [0, 0.1) is 5.16 Å². The zero-order valence-electron chi connectivity index (χ0n) is 21.6. The molecule has 0 aliphatic carbocycles. The van der Waals surface area contributed by atoms with E-state index in [0.717, 1.165) is 0 Å². The first kappa shape index (κ1) is 27.6. The summed E-state index contributed by atoms with van der Waals surface area (Å²) in [5.74, 6) is 0. The predicted molar refractivity (Wildman–Crippen MR) is 159 cm³/mol. The van der Waals surface area contributed by atoms with Gasteiger partial charge in [-0.05, 0) is 16.1 Å². The average molecular weight is 557 g/mol. The molecule has 4 rings (SSSR count). The summed E-state index contributed by atoms with van der Waals surface area (Å²) in [6, 6.07) is 47.0. The van der Waals surface area contributed by atoms with E-state index >= 15 is 0 Å². The summed E-state index contributed by atoms with van der Waals surface area (Å²) in [5.41, 5.74) is 0. The average Bonchev–Trinajstić information content (AvgIpc) is 2.88. The smallest absolute Gasteiger partial charge is 0.297 e. The maximum absolute atomic E-state index is 2.63. The molecular weight excluding hydrogens is 520 g/mol. The molecule has 0 fully saturated rings. The van der Waals surface area contributed by atoms with Crippen LogP contribution in [-0.2, 0) is 17.1 Å². The van der Waals surface area contributed by atoms with Gasteiger partial charge >= 0.3 is 17.1 Å². The van der Waals surface area contributed by atoms with Gasteiger partial charge < -0.3 is 0 Å². The second kappa shape index (κ2) is 11.4. The Morgan fingerprint density at radius 2 is 0.657 bits per heavy atom. The van der Waals surface area contributed by atoms with Crippen LogP contribution in [0.3, 0.4) is 0 Å². The van der Waals surface area contributed by atoms with E-state index in [1.165, 1.54) is 26.8 Å². The largest absolute Gasteiger partial charge is 1.00 e. The third-order valence-electron chi connectivity index (χ3n) is 7.32. The van der Waals surface area contributed by atoms with E-state index in [4.69, 9.17) is 0 Å². The molecule has 0 aliphatic rings. The van der Waals surface area contributed by atoms with Crippen molar-refractivity contribution in [2.75, 3.05) is 0 Å². The van der Waals surface area contributed by atoms with Crippen molar-refractivity contribution in [3.05, 3.63) is 126 Å². The van der Waals surface area contributed by atoms with Crippen LogP contribution in [0.2, 0.25) is 38.8 Å². The van der Waals surface area contributed by atoms with E-state index in [1.807, 2.05) is 5.16 Å². The molecule has 184 valence electrons. The van der Waals surface area contributed by atoms with Gasteiger partial charge in [0, 0.05) is 8.07 Å². The molecule has 0 radical (unpaired) electrons. The zero-order chi connectivity index (χ0) is 24.2. The Morgan fingerprint density at radius 1 is 0.429 bits per heavy atom. The van der Waals surface area contributed by atoms with Crippen molar-refractivity contribution < 1.29 is 17.1 Å². The molecule has 0 spiro atoms. The van der Waals surface area contributed by atoms with E-state index in [9.17, 15) is 0 Å². The van der Waals surface area contributed by atoms with E-state index in [-0.39, 0.29) is 17.1 Å². The first-order chi connectivity index (χ1) is 16.3. The summed E-state index contributed by atoms with van der Waals surface area (Å²) in [4.78, 5) is 0. The quantitative estimate of drug-likeness (QED) is 0.191. The molecule has 4 aromatic rings. The van der Waals surface area contributed by atoms with E-state index < -0.39 is 24.2 Å². The second-order valence-corrected chi connectivity index (χ2v) is 24.9. The van der Waals surface area contributed by atoms with Crippen LogP contribution in [0.1, 0.15) is 0 Å². The Hall–Kier alpha value is -1.95. The van der Waals surface area contributed by atoms with E-state index in [0.29, 0.717) is 0 Å². The molecule has 0 saturated carbocycles. The summed E-state index contributed by atoms with van der Waals surface area (Å²) >= 11 is 0. The van der Waals surface area contributed by atoms with Crippen molar-refractivity contribution in [2.24, 2.45) is 0 Å². The Labute approximate surface area is 226 Å². The summed E-state index contributed by atoms with van der Waals surface area (Å²) in [6.45, 7) is 12.9. The Bertz CT molecular complexity index is 1010. The SMILES string of the molecule is C[Si](C)(C)C[C-]([Si](C)(c1ccccc1)c1ccccc1)[Si](C)(c1ccccc1)c1ccccc1.[Cu+]. The molecule has 0 nitrogen and oxygen atoms in total. The molecule has 0 aromatic heterocycles. The van der Waals surface area contributed by atoms with Gasteiger partial charge in [0.05, 0.1) is 0 Å². The van der Waals surface area contributed by atoms with Crippen LogP contribution in [-0.4, -0.2) is 24.2 Å². The first-order valence-corrected chi connectivity index (χ1v) is 21.1. The van der Waals surface area contributed by atoms with Crippen LogP contribution < -0.4 is 20.7 Å². The minimum atomic E-state index is -2.23. The van der Waals surface area contributed by atoms with Gasteiger partial charge in [-0.3, -0.25) is 5.16 Å². The number of benzene rings is 4. The van der Waals surface area contributed by atoms with Crippen LogP contribution in [0.25, 0.3) is 0 Å². The fourth-order valence-electron chi connectivity index (χ4n) is 5.50. The van der Waals surface area contributed by atoms with Crippen molar-refractivity contribution in [2.45, 2.75) is 38.8 Å². The Kier molecular flexibility index (Phi) is 9.01. The molecule has 0 unspecified atom stereocenters. The molecule has 0 bridgehead atoms. The van der Waals surface area contributed by atoms with Crippen molar-refractivity contribution >= 4 is 45.0 Å². The van der Waals surface area contributed by atoms with E-state index in [1.54, 1.807) is 0 Å². The van der Waals surface area contributed by atoms with Gasteiger partial charge in [-0.2, -0.15) is 6.04 Å². The molecule has 0 atom stereocenters. The number of rotatable bonds is 8. The normalized spacial score (nSPS) is 12.3. The fraction of sp³-hybridized carbons (Fsp3) is 0.194. The third kappa shape index (κ3) is 5.73. The van der Waals surface area contributed by atoms with Gasteiger partial charge in [0.15, 0.2) is 0 Å². The van der Waals surface area contributed by atoms with Crippen molar-refractivity contribution in [3.8, 4) is 0 Å². The number of hydrogen-bond acceptors (Lipinski definition) is 0. The maximum Gasteiger partial charge on any atom is 1.00 e. The van der Waals surface area contributed by atoms with Crippen molar-refractivity contribution in [1.82, 2.24) is 0 Å². The molecule has 4 heteroatoms. The monoisotopic (exact) mass is 556 g/mol. The van der Waals surface area contributed by atoms with Gasteiger partial charge in [-0.25, -0.2) is 0 Å². The fourth-order valence-corrected chi connectivity index (χ4v) is 23.8. The molecule has 0 amide bonds.